The molecule has 4 N–H and O–H groups in total. The van der Waals surface area contributed by atoms with E-state index in [0.717, 1.165) is 37.7 Å². The Morgan fingerprint density at radius 2 is 1.13 bits per heavy atom. The smallest absolute Gasteiger partial charge is 0.329 e. The summed E-state index contributed by atoms with van der Waals surface area (Å²) in [5.74, 6) is -1.75. The molecular weight excluding hydrogens is 833 g/mol. The first kappa shape index (κ1) is 55.0. The number of carbonyl (C=O) groups is 4. The van der Waals surface area contributed by atoms with Crippen LogP contribution < -0.4 is 15.4 Å². The lowest BCUT2D eigenvalue weighted by molar-refractivity contribution is -0.155. The van der Waals surface area contributed by atoms with Crippen LogP contribution in [0.1, 0.15) is 139 Å². The van der Waals surface area contributed by atoms with Gasteiger partial charge in [-0.25, -0.2) is 18.2 Å². The number of hydrogen-bond acceptors (Lipinski definition) is 12. The van der Waals surface area contributed by atoms with E-state index in [2.05, 4.69) is 20.3 Å². The first-order valence-corrected chi connectivity index (χ1v) is 24.1. The van der Waals surface area contributed by atoms with Gasteiger partial charge < -0.3 is 39.4 Å². The lowest BCUT2D eigenvalue weighted by Gasteiger charge is -2.19. The minimum Gasteiger partial charge on any atom is -0.480 e. The Morgan fingerprint density at radius 1 is 0.619 bits per heavy atom. The number of benzene rings is 1. The second-order valence-corrected chi connectivity index (χ2v) is 18.1. The fourth-order valence-corrected chi connectivity index (χ4v) is 7.33. The summed E-state index contributed by atoms with van der Waals surface area (Å²) in [4.78, 5) is 50.6. The first-order valence-electron chi connectivity index (χ1n) is 22.6. The van der Waals surface area contributed by atoms with Gasteiger partial charge in [-0.05, 0) is 69.9 Å². The number of esters is 1. The average Bonchev–Trinajstić information content (AvgIpc) is 3.23. The van der Waals surface area contributed by atoms with E-state index in [1.54, 1.807) is 12.1 Å². The fourth-order valence-electron chi connectivity index (χ4n) is 6.33. The van der Waals surface area contributed by atoms with E-state index >= 15 is 0 Å². The molecule has 0 aliphatic rings. The summed E-state index contributed by atoms with van der Waals surface area (Å²) in [5, 5.41) is 13.8. The van der Waals surface area contributed by atoms with Crippen molar-refractivity contribution in [3.8, 4) is 0 Å². The van der Waals surface area contributed by atoms with E-state index in [0.29, 0.717) is 6.42 Å². The highest BCUT2D eigenvalue weighted by atomic mass is 32.2. The summed E-state index contributed by atoms with van der Waals surface area (Å²) in [6, 6.07) is 9.83. The van der Waals surface area contributed by atoms with Gasteiger partial charge in [-0.2, -0.15) is 0 Å². The number of hydrogen-bond donors (Lipinski definition) is 4. The van der Waals surface area contributed by atoms with Gasteiger partial charge in [-0.3, -0.25) is 19.1 Å². The molecule has 16 nitrogen and oxygen atoms in total. The van der Waals surface area contributed by atoms with E-state index < -0.39 is 27.5 Å². The molecule has 0 aliphatic carbocycles. The van der Waals surface area contributed by atoms with Crippen LogP contribution in [0.4, 0.5) is 5.82 Å². The Bertz CT molecular complexity index is 1670. The summed E-state index contributed by atoms with van der Waals surface area (Å²) in [5.41, 5.74) is 0.963. The highest BCUT2D eigenvalue weighted by Crippen LogP contribution is 2.18. The van der Waals surface area contributed by atoms with E-state index in [4.69, 9.17) is 28.8 Å². The van der Waals surface area contributed by atoms with Gasteiger partial charge in [0, 0.05) is 25.7 Å². The topological polar surface area (TPSA) is 218 Å². The number of carboxylic acid groups (broad SMARTS) is 1. The molecule has 0 spiro atoms. The summed E-state index contributed by atoms with van der Waals surface area (Å²) in [6.45, 7) is 6.89. The van der Waals surface area contributed by atoms with Crippen LogP contribution in [0.2, 0.25) is 0 Å². The van der Waals surface area contributed by atoms with Crippen molar-refractivity contribution in [1.82, 2.24) is 15.6 Å². The number of carbonyl (C=O) groups excluding carboxylic acids is 3. The van der Waals surface area contributed by atoms with Gasteiger partial charge in [0.2, 0.25) is 5.91 Å². The zero-order valence-electron chi connectivity index (χ0n) is 37.9. The molecule has 63 heavy (non-hydrogen) atoms. The zero-order chi connectivity index (χ0) is 46.0. The maximum absolute atomic E-state index is 13.0. The van der Waals surface area contributed by atoms with Gasteiger partial charge >= 0.3 is 11.9 Å². The molecule has 2 aromatic rings. The number of ether oxygens (including phenoxy) is 5. The molecular formula is C46H74N4O12S. The Labute approximate surface area is 375 Å². The van der Waals surface area contributed by atoms with Crippen molar-refractivity contribution in [2.75, 3.05) is 70.7 Å². The number of unbranched alkanes of at least 4 members (excludes halogenated alkanes) is 14. The van der Waals surface area contributed by atoms with Gasteiger partial charge in [0.1, 0.15) is 24.6 Å². The molecule has 17 heteroatoms. The molecule has 0 fully saturated rings. The number of aromatic nitrogens is 1. The number of carboxylic acids is 1. The molecule has 1 aromatic carbocycles. The summed E-state index contributed by atoms with van der Waals surface area (Å²) < 4.78 is 54.5. The maximum atomic E-state index is 13.0. The van der Waals surface area contributed by atoms with E-state index in [1.807, 2.05) is 32.9 Å². The van der Waals surface area contributed by atoms with Crippen molar-refractivity contribution < 1.29 is 56.4 Å². The Balaban J connectivity index is 1.46. The summed E-state index contributed by atoms with van der Waals surface area (Å²) >= 11 is 0. The van der Waals surface area contributed by atoms with Crippen LogP contribution in [0, 0.1) is 0 Å². The van der Waals surface area contributed by atoms with Crippen molar-refractivity contribution in [2.24, 2.45) is 0 Å². The third-order valence-corrected chi connectivity index (χ3v) is 10.9. The normalized spacial score (nSPS) is 11.6. The number of nitrogens with one attached hydrogen (secondary N) is 3. The van der Waals surface area contributed by atoms with E-state index in [9.17, 15) is 27.6 Å². The molecule has 0 aliphatic heterocycles. The van der Waals surface area contributed by atoms with Crippen molar-refractivity contribution in [2.45, 2.75) is 140 Å². The Kier molecular flexibility index (Phi) is 29.1. The molecule has 2 amide bonds. The van der Waals surface area contributed by atoms with Crippen molar-refractivity contribution in [3.05, 3.63) is 53.7 Å². The molecule has 2 rings (SSSR count). The molecule has 0 saturated carbocycles. The zero-order valence-corrected chi connectivity index (χ0v) is 38.7. The van der Waals surface area contributed by atoms with Gasteiger partial charge in [0.05, 0.1) is 50.1 Å². The number of anilines is 1. The molecule has 0 radical (unpaired) electrons. The number of rotatable bonds is 38. The first-order chi connectivity index (χ1) is 30.2. The lowest BCUT2D eigenvalue weighted by atomic mass is 10.0. The Hall–Kier alpha value is -4.16. The second kappa shape index (κ2) is 33.4. The SMILES string of the molecule is CC(C)(C)OC(=O)CCCCCCCCCCCCCCCCCc1ccc(S(=O)(=O)Nc2ccc(C(=O)NCCOCCOCC(=O)NCCOCCOCC(=O)O)cn2)cc1. The van der Waals surface area contributed by atoms with Gasteiger partial charge in [-0.1, -0.05) is 95.6 Å². The predicted octanol–water partition coefficient (Wildman–Crippen LogP) is 7.01. The number of aryl methyl sites for hydroxylation is 1. The highest BCUT2D eigenvalue weighted by molar-refractivity contribution is 7.92. The van der Waals surface area contributed by atoms with Gasteiger partial charge in [0.25, 0.3) is 15.9 Å². The van der Waals surface area contributed by atoms with Crippen LogP contribution in [-0.4, -0.2) is 114 Å². The highest BCUT2D eigenvalue weighted by Gasteiger charge is 2.17. The standard InChI is InChI=1S/C46H74N4O12S/c1-46(2,3)62-44(54)20-18-16-14-12-10-8-6-4-5-7-9-11-13-15-17-19-38-21-24-40(25-22-38)63(56,57)50-41-26-23-39(35-49-41)45(55)48-28-30-59-31-33-60-36-42(51)47-27-29-58-32-34-61-37-43(52)53/h21-26,35H,4-20,27-34,36-37H2,1-3H3,(H,47,51)(H,48,55)(H,49,50)(H,52,53). The number of aliphatic carboxylic acids is 1. The molecule has 0 bridgehead atoms. The van der Waals surface area contributed by atoms with Gasteiger partial charge in [-0.15, -0.1) is 0 Å². The molecule has 356 valence electrons. The third-order valence-electron chi connectivity index (χ3n) is 9.57. The van der Waals surface area contributed by atoms with Crippen molar-refractivity contribution in [1.29, 1.82) is 0 Å². The third kappa shape index (κ3) is 29.8. The molecule has 0 atom stereocenters. The second-order valence-electron chi connectivity index (χ2n) is 16.4. The van der Waals surface area contributed by atoms with Crippen LogP contribution in [0.15, 0.2) is 47.5 Å². The van der Waals surface area contributed by atoms with E-state index in [1.165, 1.54) is 89.0 Å². The van der Waals surface area contributed by atoms with Crippen LogP contribution in [0.25, 0.3) is 0 Å². The monoisotopic (exact) mass is 907 g/mol. The van der Waals surface area contributed by atoms with Crippen molar-refractivity contribution >= 4 is 39.6 Å². The minimum absolute atomic E-state index is 0.0868. The van der Waals surface area contributed by atoms with Gasteiger partial charge in [0.15, 0.2) is 0 Å². The molecule has 1 heterocycles. The van der Waals surface area contributed by atoms with Crippen LogP contribution >= 0.6 is 0 Å². The summed E-state index contributed by atoms with van der Waals surface area (Å²) in [6.07, 6.45) is 21.0. The molecule has 0 saturated heterocycles. The number of sulfonamides is 1. The number of pyridine rings is 1. The summed E-state index contributed by atoms with van der Waals surface area (Å²) in [7, 11) is -3.86. The average molecular weight is 907 g/mol. The van der Waals surface area contributed by atoms with E-state index in [-0.39, 0.29) is 94.1 Å². The minimum atomic E-state index is -3.86. The maximum Gasteiger partial charge on any atom is 0.329 e. The lowest BCUT2D eigenvalue weighted by Crippen LogP contribution is -2.31. The van der Waals surface area contributed by atoms with Crippen molar-refractivity contribution in [3.63, 3.8) is 0 Å². The Morgan fingerprint density at radius 3 is 1.65 bits per heavy atom. The quantitative estimate of drug-likeness (QED) is 0.0395. The largest absolute Gasteiger partial charge is 0.480 e. The van der Waals surface area contributed by atoms with Crippen LogP contribution in [-0.2, 0) is 54.5 Å². The van der Waals surface area contributed by atoms with Crippen LogP contribution in [0.5, 0.6) is 0 Å². The molecule has 0 unspecified atom stereocenters. The fraction of sp³-hybridized carbons (Fsp3) is 0.674. The number of amides is 2. The molecule has 1 aromatic heterocycles. The number of nitrogens with zero attached hydrogens (tertiary/aromatic N) is 1. The van der Waals surface area contributed by atoms with Crippen LogP contribution in [0.3, 0.4) is 0 Å². The predicted molar refractivity (Wildman–Crippen MR) is 241 cm³/mol.